The van der Waals surface area contributed by atoms with Crippen molar-refractivity contribution in [2.24, 2.45) is 0 Å². The second-order valence-electron chi connectivity index (χ2n) is 5.78. The summed E-state index contributed by atoms with van der Waals surface area (Å²) in [7, 11) is -3.23. The van der Waals surface area contributed by atoms with Crippen molar-refractivity contribution in [3.8, 4) is 0 Å². The molecule has 1 aromatic heterocycles. The van der Waals surface area contributed by atoms with Gasteiger partial charge >= 0.3 is 0 Å². The molecule has 6 heteroatoms. The SMILES string of the molecule is CCCC1(c2nc3cc(S(C)(=O)=O)ccc3o2)CCCN1. The molecule has 2 aromatic rings. The number of sulfone groups is 1. The van der Waals surface area contributed by atoms with Gasteiger partial charge in [0, 0.05) is 6.26 Å². The molecule has 1 aliphatic heterocycles. The number of rotatable bonds is 4. The fraction of sp³-hybridized carbons (Fsp3) is 0.533. The number of fused-ring (bicyclic) bond motifs is 1. The predicted molar refractivity (Wildman–Crippen MR) is 80.9 cm³/mol. The van der Waals surface area contributed by atoms with Gasteiger partial charge in [-0.3, -0.25) is 0 Å². The Kier molecular flexibility index (Phi) is 3.53. The van der Waals surface area contributed by atoms with Gasteiger partial charge in [-0.25, -0.2) is 13.4 Å². The average Bonchev–Trinajstić information content (AvgIpc) is 3.03. The number of nitrogens with zero attached hydrogens (tertiary/aromatic N) is 1. The van der Waals surface area contributed by atoms with E-state index in [-0.39, 0.29) is 10.4 Å². The predicted octanol–water partition coefficient (Wildman–Crippen LogP) is 2.61. The van der Waals surface area contributed by atoms with Crippen LogP contribution in [0.4, 0.5) is 0 Å². The van der Waals surface area contributed by atoms with Gasteiger partial charge in [0.05, 0.1) is 10.4 Å². The van der Waals surface area contributed by atoms with E-state index in [0.717, 1.165) is 32.2 Å². The lowest BCUT2D eigenvalue weighted by Crippen LogP contribution is -2.36. The van der Waals surface area contributed by atoms with Crippen LogP contribution in [0.5, 0.6) is 0 Å². The Labute approximate surface area is 124 Å². The minimum atomic E-state index is -3.23. The van der Waals surface area contributed by atoms with Gasteiger partial charge in [0.15, 0.2) is 15.4 Å². The first-order chi connectivity index (χ1) is 9.94. The third kappa shape index (κ3) is 2.58. The van der Waals surface area contributed by atoms with E-state index in [1.54, 1.807) is 18.2 Å². The molecule has 0 bridgehead atoms. The molecule has 1 unspecified atom stereocenters. The maximum atomic E-state index is 11.6. The number of oxazole rings is 1. The molecule has 1 aromatic carbocycles. The molecule has 2 heterocycles. The lowest BCUT2D eigenvalue weighted by molar-refractivity contribution is 0.279. The van der Waals surface area contributed by atoms with Gasteiger partial charge in [0.2, 0.25) is 5.89 Å². The van der Waals surface area contributed by atoms with Gasteiger partial charge in [-0.1, -0.05) is 13.3 Å². The summed E-state index contributed by atoms with van der Waals surface area (Å²) in [5.74, 6) is 0.683. The van der Waals surface area contributed by atoms with E-state index in [9.17, 15) is 8.42 Å². The largest absolute Gasteiger partial charge is 0.439 e. The third-order valence-corrected chi connectivity index (χ3v) is 5.23. The van der Waals surface area contributed by atoms with Crippen LogP contribution in [0.15, 0.2) is 27.5 Å². The van der Waals surface area contributed by atoms with Crippen molar-refractivity contribution in [1.82, 2.24) is 10.3 Å². The highest BCUT2D eigenvalue weighted by molar-refractivity contribution is 7.90. The van der Waals surface area contributed by atoms with Crippen LogP contribution in [0.25, 0.3) is 11.1 Å². The molecule has 1 aliphatic rings. The van der Waals surface area contributed by atoms with Crippen molar-refractivity contribution < 1.29 is 12.8 Å². The number of benzene rings is 1. The molecule has 0 saturated carbocycles. The summed E-state index contributed by atoms with van der Waals surface area (Å²) in [5.41, 5.74) is 1.05. The minimum absolute atomic E-state index is 0.195. The van der Waals surface area contributed by atoms with Crippen molar-refractivity contribution in [3.05, 3.63) is 24.1 Å². The van der Waals surface area contributed by atoms with Crippen molar-refractivity contribution in [2.75, 3.05) is 12.8 Å². The van der Waals surface area contributed by atoms with Crippen LogP contribution in [-0.4, -0.2) is 26.2 Å². The van der Waals surface area contributed by atoms with E-state index in [2.05, 4.69) is 17.2 Å². The van der Waals surface area contributed by atoms with Gasteiger partial charge in [-0.05, 0) is 44.0 Å². The molecule has 1 fully saturated rings. The monoisotopic (exact) mass is 308 g/mol. The van der Waals surface area contributed by atoms with E-state index < -0.39 is 9.84 Å². The fourth-order valence-corrected chi connectivity index (χ4v) is 3.72. The normalized spacial score (nSPS) is 23.0. The molecule has 0 amide bonds. The second-order valence-corrected chi connectivity index (χ2v) is 7.80. The molecule has 1 atom stereocenters. The molecule has 0 aliphatic carbocycles. The lowest BCUT2D eigenvalue weighted by Gasteiger charge is -2.25. The summed E-state index contributed by atoms with van der Waals surface area (Å²) in [6.07, 6.45) is 5.32. The zero-order valence-electron chi connectivity index (χ0n) is 12.3. The highest BCUT2D eigenvalue weighted by atomic mass is 32.2. The summed E-state index contributed by atoms with van der Waals surface area (Å²) in [6.45, 7) is 3.11. The van der Waals surface area contributed by atoms with Crippen LogP contribution in [0, 0.1) is 0 Å². The lowest BCUT2D eigenvalue weighted by atomic mass is 9.92. The van der Waals surface area contributed by atoms with E-state index in [1.807, 2.05) is 0 Å². The molecule has 3 rings (SSSR count). The summed E-state index contributed by atoms with van der Waals surface area (Å²) in [6, 6.07) is 4.85. The van der Waals surface area contributed by atoms with Crippen molar-refractivity contribution in [3.63, 3.8) is 0 Å². The molecule has 5 nitrogen and oxygen atoms in total. The van der Waals surface area contributed by atoms with Crippen molar-refractivity contribution in [1.29, 1.82) is 0 Å². The van der Waals surface area contributed by atoms with Gasteiger partial charge in [0.25, 0.3) is 0 Å². The van der Waals surface area contributed by atoms with Gasteiger partial charge in [0.1, 0.15) is 5.52 Å². The van der Waals surface area contributed by atoms with Crippen LogP contribution in [0.3, 0.4) is 0 Å². The number of nitrogens with one attached hydrogen (secondary N) is 1. The summed E-state index contributed by atoms with van der Waals surface area (Å²) < 4.78 is 29.2. The Balaban J connectivity index is 2.08. The number of hydrogen-bond acceptors (Lipinski definition) is 5. The fourth-order valence-electron chi connectivity index (χ4n) is 3.08. The Morgan fingerprint density at radius 3 is 2.86 bits per heavy atom. The number of aromatic nitrogens is 1. The number of hydrogen-bond donors (Lipinski definition) is 1. The van der Waals surface area contributed by atoms with Crippen LogP contribution >= 0.6 is 0 Å². The molecule has 1 saturated heterocycles. The Morgan fingerprint density at radius 1 is 1.43 bits per heavy atom. The summed E-state index contributed by atoms with van der Waals surface area (Å²) in [4.78, 5) is 4.84. The maximum absolute atomic E-state index is 11.6. The van der Waals surface area contributed by atoms with E-state index in [1.165, 1.54) is 6.26 Å². The zero-order valence-corrected chi connectivity index (χ0v) is 13.2. The molecular formula is C15H20N2O3S. The quantitative estimate of drug-likeness (QED) is 0.940. The summed E-state index contributed by atoms with van der Waals surface area (Å²) >= 11 is 0. The molecule has 114 valence electrons. The van der Waals surface area contributed by atoms with Crippen LogP contribution < -0.4 is 5.32 Å². The smallest absolute Gasteiger partial charge is 0.215 e. The van der Waals surface area contributed by atoms with Crippen molar-refractivity contribution in [2.45, 2.75) is 43.0 Å². The van der Waals surface area contributed by atoms with Crippen molar-refractivity contribution >= 4 is 20.9 Å². The standard InChI is InChI=1S/C15H20N2O3S/c1-3-7-15(8-4-9-16-15)14-17-12-10-11(21(2,18)19)5-6-13(12)20-14/h5-6,10,16H,3-4,7-9H2,1-2H3. The van der Waals surface area contributed by atoms with E-state index >= 15 is 0 Å². The zero-order chi connectivity index (χ0) is 15.1. The first kappa shape index (κ1) is 14.5. The molecule has 0 radical (unpaired) electrons. The Bertz CT molecular complexity index is 758. The maximum Gasteiger partial charge on any atom is 0.215 e. The van der Waals surface area contributed by atoms with Crippen LogP contribution in [0.1, 0.15) is 38.5 Å². The van der Waals surface area contributed by atoms with Crippen LogP contribution in [-0.2, 0) is 15.4 Å². The first-order valence-electron chi connectivity index (χ1n) is 7.31. The highest BCUT2D eigenvalue weighted by Crippen LogP contribution is 2.36. The Hall–Kier alpha value is -1.40. The molecular weight excluding hydrogens is 288 g/mol. The molecule has 1 N–H and O–H groups in total. The minimum Gasteiger partial charge on any atom is -0.439 e. The highest BCUT2D eigenvalue weighted by Gasteiger charge is 2.39. The van der Waals surface area contributed by atoms with Gasteiger partial charge in [-0.15, -0.1) is 0 Å². The third-order valence-electron chi connectivity index (χ3n) is 4.12. The van der Waals surface area contributed by atoms with Gasteiger partial charge in [-0.2, -0.15) is 0 Å². The topological polar surface area (TPSA) is 72.2 Å². The molecule has 0 spiro atoms. The summed E-state index contributed by atoms with van der Waals surface area (Å²) in [5, 5.41) is 3.52. The van der Waals surface area contributed by atoms with E-state index in [4.69, 9.17) is 4.42 Å². The Morgan fingerprint density at radius 2 is 2.24 bits per heavy atom. The van der Waals surface area contributed by atoms with Gasteiger partial charge < -0.3 is 9.73 Å². The second kappa shape index (κ2) is 5.10. The van der Waals surface area contributed by atoms with E-state index in [0.29, 0.717) is 17.0 Å². The average molecular weight is 308 g/mol. The molecule has 21 heavy (non-hydrogen) atoms. The first-order valence-corrected chi connectivity index (χ1v) is 9.20. The van der Waals surface area contributed by atoms with Crippen LogP contribution in [0.2, 0.25) is 0 Å².